The summed E-state index contributed by atoms with van der Waals surface area (Å²) >= 11 is 0. The molecule has 2 N–H and O–H groups in total. The van der Waals surface area contributed by atoms with Crippen molar-refractivity contribution in [3.63, 3.8) is 0 Å². The fourth-order valence-electron chi connectivity index (χ4n) is 4.27. The topological polar surface area (TPSA) is 79.9 Å². The van der Waals surface area contributed by atoms with E-state index in [4.69, 9.17) is 9.47 Å². The Balaban J connectivity index is 1.28. The molecule has 4 rings (SSSR count). The van der Waals surface area contributed by atoms with E-state index >= 15 is 0 Å². The number of nitrogens with zero attached hydrogens (tertiary/aromatic N) is 1. The van der Waals surface area contributed by atoms with Gasteiger partial charge in [-0.3, -0.25) is 9.59 Å². The summed E-state index contributed by atoms with van der Waals surface area (Å²) in [6.07, 6.45) is 1.23. The smallest absolute Gasteiger partial charge is 0.228 e. The minimum Gasteiger partial charge on any atom is -0.493 e. The summed E-state index contributed by atoms with van der Waals surface area (Å²) in [7, 11) is 1.60. The van der Waals surface area contributed by atoms with Crippen LogP contribution in [0.1, 0.15) is 24.5 Å². The lowest BCUT2D eigenvalue weighted by atomic mass is 10.1. The lowest BCUT2D eigenvalue weighted by molar-refractivity contribution is -0.116. The molecule has 0 radical (unpaired) electrons. The first-order chi connectivity index (χ1) is 17.5. The van der Waals surface area contributed by atoms with Gasteiger partial charge in [0.2, 0.25) is 5.91 Å². The molecule has 7 nitrogen and oxygen atoms in total. The molecule has 0 saturated carbocycles. The monoisotopic (exact) mass is 487 g/mol. The molecular weight excluding hydrogens is 454 g/mol. The van der Waals surface area contributed by atoms with Crippen LogP contribution in [-0.4, -0.2) is 44.5 Å². The number of carbonyl (C=O) groups excluding carboxylic acids is 2. The van der Waals surface area contributed by atoms with E-state index in [9.17, 15) is 9.59 Å². The molecule has 3 aromatic rings. The molecule has 0 spiro atoms. The van der Waals surface area contributed by atoms with Gasteiger partial charge in [0.25, 0.3) is 0 Å². The van der Waals surface area contributed by atoms with Crippen molar-refractivity contribution in [2.75, 3.05) is 37.0 Å². The number of nitrogens with one attached hydrogen (secondary N) is 2. The van der Waals surface area contributed by atoms with Crippen LogP contribution in [0.3, 0.4) is 0 Å². The summed E-state index contributed by atoms with van der Waals surface area (Å²) in [5, 5.41) is 6.27. The summed E-state index contributed by atoms with van der Waals surface area (Å²) in [5.41, 5.74) is 3.78. The highest BCUT2D eigenvalue weighted by Crippen LogP contribution is 2.29. The SMILES string of the molecule is COc1cc(CC(=O)Nc2ccc(N3CCC(NCC(C)=O)C3)cc2)ccc1OCc1ccccc1. The first kappa shape index (κ1) is 25.3. The second-order valence-electron chi connectivity index (χ2n) is 9.05. The minimum absolute atomic E-state index is 0.0996. The van der Waals surface area contributed by atoms with Crippen molar-refractivity contribution >= 4 is 23.1 Å². The number of Topliss-reactive ketones (excluding diaryl/α,β-unsaturated/α-hetero) is 1. The summed E-state index contributed by atoms with van der Waals surface area (Å²) in [5.74, 6) is 1.29. The highest BCUT2D eigenvalue weighted by Gasteiger charge is 2.22. The average Bonchev–Trinajstić information content (AvgIpc) is 3.37. The van der Waals surface area contributed by atoms with E-state index in [1.54, 1.807) is 14.0 Å². The fraction of sp³-hybridized carbons (Fsp3) is 0.310. The Morgan fingerprint density at radius 2 is 1.75 bits per heavy atom. The summed E-state index contributed by atoms with van der Waals surface area (Å²) in [6, 6.07) is 23.7. The number of benzene rings is 3. The molecule has 1 aliphatic rings. The molecule has 1 saturated heterocycles. The van der Waals surface area contributed by atoms with Crippen LogP contribution in [0, 0.1) is 0 Å². The molecule has 7 heteroatoms. The Hall–Kier alpha value is -3.84. The van der Waals surface area contributed by atoms with Crippen LogP contribution in [0.5, 0.6) is 11.5 Å². The van der Waals surface area contributed by atoms with E-state index in [-0.39, 0.29) is 18.1 Å². The minimum atomic E-state index is -0.0996. The predicted molar refractivity (Wildman–Crippen MR) is 142 cm³/mol. The Labute approximate surface area is 212 Å². The van der Waals surface area contributed by atoms with Crippen molar-refractivity contribution in [1.82, 2.24) is 5.32 Å². The molecule has 1 aliphatic heterocycles. The first-order valence-electron chi connectivity index (χ1n) is 12.2. The van der Waals surface area contributed by atoms with Gasteiger partial charge in [0, 0.05) is 30.5 Å². The standard InChI is InChI=1S/C29H33N3O4/c1-21(33)18-30-25-14-15-32(19-25)26-11-9-24(10-12-26)31-29(34)17-23-8-13-27(28(16-23)35-2)36-20-22-6-4-3-5-7-22/h3-13,16,25,30H,14-15,17-20H2,1-2H3,(H,31,34). The Morgan fingerprint density at radius 1 is 0.972 bits per heavy atom. The lowest BCUT2D eigenvalue weighted by Crippen LogP contribution is -2.35. The van der Waals surface area contributed by atoms with E-state index in [1.165, 1.54) is 0 Å². The summed E-state index contributed by atoms with van der Waals surface area (Å²) < 4.78 is 11.4. The van der Waals surface area contributed by atoms with Crippen molar-refractivity contribution < 1.29 is 19.1 Å². The maximum atomic E-state index is 12.7. The number of rotatable bonds is 11. The number of hydrogen-bond acceptors (Lipinski definition) is 6. The number of ketones is 1. The number of carbonyl (C=O) groups is 2. The van der Waals surface area contributed by atoms with E-state index in [2.05, 4.69) is 15.5 Å². The summed E-state index contributed by atoms with van der Waals surface area (Å²) in [4.78, 5) is 26.1. The number of hydrogen-bond donors (Lipinski definition) is 2. The van der Waals surface area contributed by atoms with E-state index in [0.717, 1.165) is 42.0 Å². The molecule has 0 aromatic heterocycles. The third-order valence-electron chi connectivity index (χ3n) is 6.17. The molecule has 188 valence electrons. The van der Waals surface area contributed by atoms with Gasteiger partial charge in [-0.05, 0) is 60.9 Å². The molecule has 1 fully saturated rings. The number of methoxy groups -OCH3 is 1. The third-order valence-corrected chi connectivity index (χ3v) is 6.17. The average molecular weight is 488 g/mol. The normalized spacial score (nSPS) is 14.9. The fourth-order valence-corrected chi connectivity index (χ4v) is 4.27. The predicted octanol–water partition coefficient (Wildman–Crippen LogP) is 4.21. The van der Waals surface area contributed by atoms with Gasteiger partial charge >= 0.3 is 0 Å². The van der Waals surface area contributed by atoms with Crippen LogP contribution in [0.4, 0.5) is 11.4 Å². The van der Waals surface area contributed by atoms with Crippen LogP contribution in [-0.2, 0) is 22.6 Å². The zero-order valence-corrected chi connectivity index (χ0v) is 20.8. The molecule has 1 unspecified atom stereocenters. The number of ether oxygens (including phenoxy) is 2. The lowest BCUT2D eigenvalue weighted by Gasteiger charge is -2.19. The molecule has 36 heavy (non-hydrogen) atoms. The van der Waals surface area contributed by atoms with Gasteiger partial charge in [-0.1, -0.05) is 36.4 Å². The molecule has 0 aliphatic carbocycles. The summed E-state index contributed by atoms with van der Waals surface area (Å²) in [6.45, 7) is 4.26. The van der Waals surface area contributed by atoms with Crippen molar-refractivity contribution in [3.05, 3.63) is 83.9 Å². The van der Waals surface area contributed by atoms with Crippen LogP contribution in [0.15, 0.2) is 72.8 Å². The van der Waals surface area contributed by atoms with Gasteiger partial charge in [-0.25, -0.2) is 0 Å². The Kier molecular flexibility index (Phi) is 8.57. The maximum absolute atomic E-state index is 12.7. The zero-order chi connectivity index (χ0) is 25.3. The van der Waals surface area contributed by atoms with Crippen molar-refractivity contribution in [1.29, 1.82) is 0 Å². The molecular formula is C29H33N3O4. The third kappa shape index (κ3) is 7.09. The van der Waals surface area contributed by atoms with Crippen LogP contribution in [0.25, 0.3) is 0 Å². The van der Waals surface area contributed by atoms with Gasteiger partial charge in [0.05, 0.1) is 20.1 Å². The van der Waals surface area contributed by atoms with Gasteiger partial charge < -0.3 is 25.0 Å². The van der Waals surface area contributed by atoms with Gasteiger partial charge in [-0.15, -0.1) is 0 Å². The maximum Gasteiger partial charge on any atom is 0.228 e. The van der Waals surface area contributed by atoms with Gasteiger partial charge in [0.1, 0.15) is 12.4 Å². The molecule has 3 aromatic carbocycles. The van der Waals surface area contributed by atoms with Crippen LogP contribution in [0.2, 0.25) is 0 Å². The van der Waals surface area contributed by atoms with Crippen molar-refractivity contribution in [2.24, 2.45) is 0 Å². The Morgan fingerprint density at radius 3 is 2.47 bits per heavy atom. The molecule has 0 bridgehead atoms. The molecule has 1 heterocycles. The van der Waals surface area contributed by atoms with E-state index < -0.39 is 0 Å². The number of anilines is 2. The second kappa shape index (κ2) is 12.2. The molecule has 1 atom stereocenters. The highest BCUT2D eigenvalue weighted by molar-refractivity contribution is 5.92. The Bertz CT molecular complexity index is 1160. The van der Waals surface area contributed by atoms with Gasteiger partial charge in [0.15, 0.2) is 11.5 Å². The largest absolute Gasteiger partial charge is 0.493 e. The zero-order valence-electron chi connectivity index (χ0n) is 20.8. The number of amides is 1. The molecule has 1 amide bonds. The first-order valence-corrected chi connectivity index (χ1v) is 12.2. The second-order valence-corrected chi connectivity index (χ2v) is 9.05. The van der Waals surface area contributed by atoms with Crippen molar-refractivity contribution in [3.8, 4) is 11.5 Å². The highest BCUT2D eigenvalue weighted by atomic mass is 16.5. The van der Waals surface area contributed by atoms with E-state index in [0.29, 0.717) is 30.7 Å². The van der Waals surface area contributed by atoms with Crippen molar-refractivity contribution in [2.45, 2.75) is 32.4 Å². The van der Waals surface area contributed by atoms with Crippen LogP contribution < -0.4 is 25.0 Å². The van der Waals surface area contributed by atoms with Crippen LogP contribution >= 0.6 is 0 Å². The van der Waals surface area contributed by atoms with Gasteiger partial charge in [-0.2, -0.15) is 0 Å². The quantitative estimate of drug-likeness (QED) is 0.422. The van der Waals surface area contributed by atoms with E-state index in [1.807, 2.05) is 72.8 Å².